The van der Waals surface area contributed by atoms with Crippen LogP contribution in [0.5, 0.6) is 0 Å². The van der Waals surface area contributed by atoms with Crippen LogP contribution in [0, 0.1) is 12.3 Å². The molecule has 184 valence electrons. The van der Waals surface area contributed by atoms with Gasteiger partial charge in [0.25, 0.3) is 0 Å². The summed E-state index contributed by atoms with van der Waals surface area (Å²) < 4.78 is 0. The molecule has 7 nitrogen and oxygen atoms in total. The first-order valence-corrected chi connectivity index (χ1v) is 12.3. The van der Waals surface area contributed by atoms with Crippen LogP contribution in [0.3, 0.4) is 0 Å². The average molecular weight is 483 g/mol. The fourth-order valence-corrected chi connectivity index (χ4v) is 4.90. The highest BCUT2D eigenvalue weighted by molar-refractivity contribution is 5.92. The first-order valence-electron chi connectivity index (χ1n) is 12.3. The molecule has 36 heavy (non-hydrogen) atoms. The van der Waals surface area contributed by atoms with Crippen LogP contribution in [-0.4, -0.2) is 44.6 Å². The molecule has 0 spiro atoms. The summed E-state index contributed by atoms with van der Waals surface area (Å²) in [5.41, 5.74) is 6.68. The summed E-state index contributed by atoms with van der Waals surface area (Å²) in [6, 6.07) is 15.7. The molecule has 2 aliphatic rings. The van der Waals surface area contributed by atoms with Crippen molar-refractivity contribution in [2.24, 2.45) is 5.41 Å². The molecule has 1 unspecified atom stereocenters. The Bertz CT molecular complexity index is 1310. The topological polar surface area (TPSA) is 95.4 Å². The minimum atomic E-state index is -0.864. The number of aromatic nitrogens is 2. The molecule has 0 bridgehead atoms. The maximum atomic E-state index is 12.6. The van der Waals surface area contributed by atoms with Gasteiger partial charge in [-0.2, -0.15) is 0 Å². The van der Waals surface area contributed by atoms with Gasteiger partial charge in [0.1, 0.15) is 0 Å². The van der Waals surface area contributed by atoms with E-state index >= 15 is 0 Å². The second kappa shape index (κ2) is 9.57. The van der Waals surface area contributed by atoms with Crippen LogP contribution in [-0.2, 0) is 11.2 Å². The Morgan fingerprint density at radius 3 is 2.50 bits per heavy atom. The van der Waals surface area contributed by atoms with Crippen LogP contribution in [0.25, 0.3) is 16.7 Å². The zero-order chi connectivity index (χ0) is 25.3. The Kier molecular flexibility index (Phi) is 6.31. The first-order chi connectivity index (χ1) is 17.3. The fraction of sp³-hybridized carbons (Fsp3) is 0.310. The standard InChI is InChI=1S/C29H30N4O3/c1-19-15-22(9-13-30-19)21-5-3-20(4-6-21)16-27(34)32-24-7-8-25(31-18-24)23-10-14-33(28(35)36)26(17-23)29(2)11-12-29/h3-10,13,15,18,26H,11-12,14,16-17H2,1-2H3,(H,32,34)(H,35,36). The van der Waals surface area contributed by atoms with E-state index in [2.05, 4.69) is 22.2 Å². The number of amides is 2. The number of pyridine rings is 2. The first kappa shape index (κ1) is 23.7. The minimum Gasteiger partial charge on any atom is -0.465 e. The molecule has 2 N–H and O–H groups in total. The van der Waals surface area contributed by atoms with E-state index in [-0.39, 0.29) is 23.8 Å². The third kappa shape index (κ3) is 5.15. The predicted octanol–water partition coefficient (Wildman–Crippen LogP) is 5.57. The monoisotopic (exact) mass is 482 g/mol. The van der Waals surface area contributed by atoms with E-state index in [0.717, 1.165) is 46.5 Å². The van der Waals surface area contributed by atoms with Gasteiger partial charge >= 0.3 is 6.09 Å². The predicted molar refractivity (Wildman–Crippen MR) is 139 cm³/mol. The van der Waals surface area contributed by atoms with Gasteiger partial charge < -0.3 is 15.3 Å². The van der Waals surface area contributed by atoms with Gasteiger partial charge in [-0.05, 0) is 78.1 Å². The largest absolute Gasteiger partial charge is 0.465 e. The van der Waals surface area contributed by atoms with Crippen molar-refractivity contribution >= 4 is 23.3 Å². The second-order valence-electron chi connectivity index (χ2n) is 10.1. The maximum absolute atomic E-state index is 12.6. The van der Waals surface area contributed by atoms with E-state index in [1.807, 2.05) is 61.5 Å². The molecule has 0 radical (unpaired) electrons. The smallest absolute Gasteiger partial charge is 0.407 e. The van der Waals surface area contributed by atoms with Gasteiger partial charge in [0, 0.05) is 24.5 Å². The van der Waals surface area contributed by atoms with Gasteiger partial charge in [-0.1, -0.05) is 37.3 Å². The van der Waals surface area contributed by atoms with Crippen LogP contribution >= 0.6 is 0 Å². The second-order valence-corrected chi connectivity index (χ2v) is 10.1. The maximum Gasteiger partial charge on any atom is 0.407 e. The Balaban J connectivity index is 1.20. The van der Waals surface area contributed by atoms with Crippen molar-refractivity contribution < 1.29 is 14.7 Å². The molecular weight excluding hydrogens is 452 g/mol. The quantitative estimate of drug-likeness (QED) is 0.479. The summed E-state index contributed by atoms with van der Waals surface area (Å²) in [7, 11) is 0. The molecule has 1 saturated carbocycles. The number of aryl methyl sites for hydroxylation is 1. The van der Waals surface area contributed by atoms with Gasteiger partial charge in [0.15, 0.2) is 0 Å². The lowest BCUT2D eigenvalue weighted by Crippen LogP contribution is -2.46. The lowest BCUT2D eigenvalue weighted by atomic mass is 9.87. The van der Waals surface area contributed by atoms with Gasteiger partial charge in [-0.3, -0.25) is 14.8 Å². The Morgan fingerprint density at radius 2 is 1.86 bits per heavy atom. The molecule has 1 aliphatic heterocycles. The van der Waals surface area contributed by atoms with Crippen molar-refractivity contribution in [3.63, 3.8) is 0 Å². The van der Waals surface area contributed by atoms with Crippen molar-refractivity contribution in [2.45, 2.75) is 45.6 Å². The molecule has 3 aromatic rings. The van der Waals surface area contributed by atoms with E-state index in [1.54, 1.807) is 17.3 Å². The van der Waals surface area contributed by atoms with Gasteiger partial charge in [0.2, 0.25) is 5.91 Å². The number of anilines is 1. The number of benzene rings is 1. The number of rotatable bonds is 6. The summed E-state index contributed by atoms with van der Waals surface area (Å²) >= 11 is 0. The zero-order valence-corrected chi connectivity index (χ0v) is 20.6. The SMILES string of the molecule is Cc1cc(-c2ccc(CC(=O)Nc3ccc(C4=CCN(C(=O)O)C(C5(C)CC5)C4)nc3)cc2)ccn1. The molecule has 1 aromatic carbocycles. The van der Waals surface area contributed by atoms with Crippen molar-refractivity contribution in [1.29, 1.82) is 0 Å². The molecule has 2 aromatic heterocycles. The van der Waals surface area contributed by atoms with Crippen molar-refractivity contribution in [3.8, 4) is 11.1 Å². The molecule has 1 atom stereocenters. The highest BCUT2D eigenvalue weighted by Gasteiger charge is 2.49. The van der Waals surface area contributed by atoms with E-state index in [4.69, 9.17) is 0 Å². The number of hydrogen-bond donors (Lipinski definition) is 2. The number of carbonyl (C=O) groups is 2. The molecule has 7 heteroatoms. The number of hydrogen-bond acceptors (Lipinski definition) is 4. The van der Waals surface area contributed by atoms with Gasteiger partial charge in [0.05, 0.1) is 24.0 Å². The van der Waals surface area contributed by atoms with E-state index in [9.17, 15) is 14.7 Å². The molecule has 1 aliphatic carbocycles. The Labute approximate surface area is 210 Å². The number of carboxylic acid groups (broad SMARTS) is 1. The normalized spacial score (nSPS) is 18.3. The molecule has 3 heterocycles. The van der Waals surface area contributed by atoms with Crippen LogP contribution < -0.4 is 5.32 Å². The van der Waals surface area contributed by atoms with Crippen LogP contribution in [0.1, 0.15) is 43.1 Å². The molecular formula is C29H30N4O3. The highest BCUT2D eigenvalue weighted by Crippen LogP contribution is 2.53. The number of carbonyl (C=O) groups excluding carboxylic acids is 1. The van der Waals surface area contributed by atoms with Crippen molar-refractivity contribution in [3.05, 3.63) is 84.0 Å². The van der Waals surface area contributed by atoms with Gasteiger partial charge in [-0.25, -0.2) is 4.79 Å². The number of nitrogens with one attached hydrogen (secondary N) is 1. The number of nitrogens with zero attached hydrogens (tertiary/aromatic N) is 3. The van der Waals surface area contributed by atoms with E-state index < -0.39 is 6.09 Å². The lowest BCUT2D eigenvalue weighted by molar-refractivity contribution is -0.115. The summed E-state index contributed by atoms with van der Waals surface area (Å²) in [5, 5.41) is 12.5. The molecule has 5 rings (SSSR count). The third-order valence-corrected chi connectivity index (χ3v) is 7.34. The Morgan fingerprint density at radius 1 is 1.08 bits per heavy atom. The third-order valence-electron chi connectivity index (χ3n) is 7.34. The van der Waals surface area contributed by atoms with Crippen molar-refractivity contribution in [2.75, 3.05) is 11.9 Å². The zero-order valence-electron chi connectivity index (χ0n) is 20.6. The van der Waals surface area contributed by atoms with Crippen molar-refractivity contribution in [1.82, 2.24) is 14.9 Å². The fourth-order valence-electron chi connectivity index (χ4n) is 4.90. The summed E-state index contributed by atoms with van der Waals surface area (Å²) in [6.45, 7) is 4.51. The van der Waals surface area contributed by atoms with Crippen LogP contribution in [0.2, 0.25) is 0 Å². The molecule has 2 amide bonds. The molecule has 0 saturated heterocycles. The summed E-state index contributed by atoms with van der Waals surface area (Å²) in [6.07, 6.45) is 7.60. The Hall–Kier alpha value is -4.00. The highest BCUT2D eigenvalue weighted by atomic mass is 16.4. The van der Waals surface area contributed by atoms with Crippen LogP contribution in [0.4, 0.5) is 10.5 Å². The van der Waals surface area contributed by atoms with E-state index in [0.29, 0.717) is 18.7 Å². The van der Waals surface area contributed by atoms with Crippen LogP contribution in [0.15, 0.2) is 67.0 Å². The average Bonchev–Trinajstić information content (AvgIpc) is 3.63. The summed E-state index contributed by atoms with van der Waals surface area (Å²) in [4.78, 5) is 34.7. The van der Waals surface area contributed by atoms with E-state index in [1.165, 1.54) is 0 Å². The van der Waals surface area contributed by atoms with Gasteiger partial charge in [-0.15, -0.1) is 0 Å². The lowest BCUT2D eigenvalue weighted by Gasteiger charge is -2.37. The summed E-state index contributed by atoms with van der Waals surface area (Å²) in [5.74, 6) is -0.104. The molecule has 1 fully saturated rings. The minimum absolute atomic E-state index is 0.0230.